The molecule has 0 aromatic rings. The van der Waals surface area contributed by atoms with Gasteiger partial charge in [-0.25, -0.2) is 0 Å². The van der Waals surface area contributed by atoms with Gasteiger partial charge in [0.15, 0.2) is 0 Å². The van der Waals surface area contributed by atoms with E-state index in [2.05, 4.69) is 13.8 Å². The summed E-state index contributed by atoms with van der Waals surface area (Å²) in [6.07, 6.45) is 42.0. The predicted octanol–water partition coefficient (Wildman–Crippen LogP) is 12.2. The topological polar surface area (TPSA) is 40.5 Å². The van der Waals surface area contributed by atoms with Crippen molar-refractivity contribution >= 4 is 0 Å². The van der Waals surface area contributed by atoms with Crippen LogP contribution in [0.5, 0.6) is 0 Å². The van der Waals surface area contributed by atoms with Crippen LogP contribution in [0.25, 0.3) is 0 Å². The molecule has 0 aliphatic heterocycles. The lowest BCUT2D eigenvalue weighted by Crippen LogP contribution is -2.17. The van der Waals surface area contributed by atoms with Crippen molar-refractivity contribution in [3.8, 4) is 0 Å². The lowest BCUT2D eigenvalue weighted by atomic mass is 10.00. The van der Waals surface area contributed by atoms with Gasteiger partial charge in [-0.15, -0.1) is 0 Å². The highest BCUT2D eigenvalue weighted by Gasteiger charge is 2.11. The molecule has 0 spiro atoms. The second-order valence-corrected chi connectivity index (χ2v) is 12.7. The van der Waals surface area contributed by atoms with Crippen molar-refractivity contribution in [2.24, 2.45) is 0 Å². The van der Waals surface area contributed by atoms with Crippen molar-refractivity contribution in [1.82, 2.24) is 0 Å². The quantitative estimate of drug-likeness (QED) is 0.0815. The minimum atomic E-state index is -0.305. The van der Waals surface area contributed by atoms with Crippen LogP contribution < -0.4 is 0 Å². The van der Waals surface area contributed by atoms with E-state index in [9.17, 15) is 10.2 Å². The zero-order valence-corrected chi connectivity index (χ0v) is 26.7. The van der Waals surface area contributed by atoms with E-state index < -0.39 is 0 Å². The monoisotopic (exact) mass is 539 g/mol. The molecule has 2 N–H and O–H groups in total. The summed E-state index contributed by atoms with van der Waals surface area (Å²) in [5.41, 5.74) is 0. The Hall–Kier alpha value is -0.0800. The Morgan fingerprint density at radius 3 is 0.711 bits per heavy atom. The van der Waals surface area contributed by atoms with Crippen molar-refractivity contribution in [3.05, 3.63) is 0 Å². The Morgan fingerprint density at radius 2 is 0.474 bits per heavy atom. The van der Waals surface area contributed by atoms with Gasteiger partial charge in [0.1, 0.15) is 0 Å². The Balaban J connectivity index is 3.15. The first-order chi connectivity index (χ1) is 18.7. The highest BCUT2D eigenvalue weighted by molar-refractivity contribution is 4.64. The minimum absolute atomic E-state index is 0.305. The summed E-state index contributed by atoms with van der Waals surface area (Å²) in [6.45, 7) is 4.51. The number of unbranched alkanes of at least 4 members (excludes halogenated alkanes) is 27. The Bertz CT molecular complexity index is 410. The molecule has 0 aromatic carbocycles. The smallest absolute Gasteiger partial charge is 0.0564 e. The fourth-order valence-corrected chi connectivity index (χ4v) is 5.88. The molecule has 0 aliphatic carbocycles. The van der Waals surface area contributed by atoms with Crippen LogP contribution in [0, 0.1) is 0 Å². The highest BCUT2D eigenvalue weighted by Crippen LogP contribution is 2.17. The van der Waals surface area contributed by atoms with E-state index in [0.29, 0.717) is 6.42 Å². The molecule has 2 unspecified atom stereocenters. The van der Waals surface area contributed by atoms with Crippen LogP contribution in [0.4, 0.5) is 0 Å². The fraction of sp³-hybridized carbons (Fsp3) is 1.00. The van der Waals surface area contributed by atoms with E-state index in [1.165, 1.54) is 173 Å². The first-order valence-corrected chi connectivity index (χ1v) is 18.1. The van der Waals surface area contributed by atoms with Gasteiger partial charge in [0, 0.05) is 0 Å². The number of hydrogen-bond donors (Lipinski definition) is 2. The average Bonchev–Trinajstić information content (AvgIpc) is 2.91. The second kappa shape index (κ2) is 33.1. The molecule has 0 heterocycles. The third-order valence-corrected chi connectivity index (χ3v) is 8.58. The molecule has 0 bridgehead atoms. The van der Waals surface area contributed by atoms with Gasteiger partial charge in [0.2, 0.25) is 0 Å². The van der Waals surface area contributed by atoms with E-state index in [-0.39, 0.29) is 12.2 Å². The van der Waals surface area contributed by atoms with Crippen LogP contribution in [0.1, 0.15) is 219 Å². The summed E-state index contributed by atoms with van der Waals surface area (Å²) in [4.78, 5) is 0. The Labute approximate surface area is 241 Å². The van der Waals surface area contributed by atoms with Crippen LogP contribution >= 0.6 is 0 Å². The zero-order valence-electron chi connectivity index (χ0n) is 26.7. The summed E-state index contributed by atoms with van der Waals surface area (Å²) in [5.74, 6) is 0. The van der Waals surface area contributed by atoms with Gasteiger partial charge in [0.05, 0.1) is 12.2 Å². The molecule has 0 aromatic heterocycles. The summed E-state index contributed by atoms with van der Waals surface area (Å²) in [5, 5.41) is 20.2. The molecular formula is C36H74O2. The van der Waals surface area contributed by atoms with Crippen LogP contribution in [-0.4, -0.2) is 22.4 Å². The number of hydrogen-bond acceptors (Lipinski definition) is 2. The van der Waals surface area contributed by atoms with E-state index in [0.717, 1.165) is 25.7 Å². The summed E-state index contributed by atoms with van der Waals surface area (Å²) >= 11 is 0. The largest absolute Gasteiger partial charge is 0.393 e. The molecule has 38 heavy (non-hydrogen) atoms. The Morgan fingerprint density at radius 1 is 0.289 bits per heavy atom. The molecule has 2 atom stereocenters. The summed E-state index contributed by atoms with van der Waals surface area (Å²) < 4.78 is 0. The van der Waals surface area contributed by atoms with Gasteiger partial charge in [-0.1, -0.05) is 200 Å². The molecule has 0 saturated heterocycles. The van der Waals surface area contributed by atoms with Crippen molar-refractivity contribution in [2.75, 3.05) is 0 Å². The molecule has 2 heteroatoms. The van der Waals surface area contributed by atoms with Crippen LogP contribution in [0.15, 0.2) is 0 Å². The van der Waals surface area contributed by atoms with Crippen LogP contribution in [0.3, 0.4) is 0 Å². The SMILES string of the molecule is CCCCCCCCCCCCCCCCCCCCCCCCCCCC(O)CC(O)CCCCCC. The van der Waals surface area contributed by atoms with E-state index >= 15 is 0 Å². The number of rotatable bonds is 33. The maximum Gasteiger partial charge on any atom is 0.0564 e. The third-order valence-electron chi connectivity index (χ3n) is 8.58. The third kappa shape index (κ3) is 32.1. The molecule has 0 aliphatic rings. The van der Waals surface area contributed by atoms with Gasteiger partial charge in [-0.2, -0.15) is 0 Å². The first-order valence-electron chi connectivity index (χ1n) is 18.1. The molecule has 0 saturated carbocycles. The fourth-order valence-electron chi connectivity index (χ4n) is 5.88. The predicted molar refractivity (Wildman–Crippen MR) is 171 cm³/mol. The van der Waals surface area contributed by atoms with Crippen molar-refractivity contribution in [3.63, 3.8) is 0 Å². The number of aliphatic hydroxyl groups is 2. The van der Waals surface area contributed by atoms with Gasteiger partial charge in [-0.3, -0.25) is 0 Å². The molecule has 0 radical (unpaired) electrons. The maximum atomic E-state index is 10.1. The molecular weight excluding hydrogens is 464 g/mol. The van der Waals surface area contributed by atoms with E-state index in [1.807, 2.05) is 0 Å². The molecule has 230 valence electrons. The van der Waals surface area contributed by atoms with Crippen molar-refractivity contribution in [1.29, 1.82) is 0 Å². The zero-order chi connectivity index (χ0) is 27.8. The standard InChI is InChI=1S/C36H74O2/c1-3-5-7-9-10-11-12-13-14-15-16-17-18-19-20-21-22-23-24-25-26-27-28-29-31-33-36(38)34-35(37)32-30-8-6-4-2/h35-38H,3-34H2,1-2H3. The molecule has 2 nitrogen and oxygen atoms in total. The van der Waals surface area contributed by atoms with E-state index in [1.54, 1.807) is 0 Å². The summed E-state index contributed by atoms with van der Waals surface area (Å²) in [6, 6.07) is 0. The van der Waals surface area contributed by atoms with Gasteiger partial charge in [-0.05, 0) is 19.3 Å². The molecule has 0 amide bonds. The number of aliphatic hydroxyl groups excluding tert-OH is 2. The highest BCUT2D eigenvalue weighted by atomic mass is 16.3. The minimum Gasteiger partial charge on any atom is -0.393 e. The lowest BCUT2D eigenvalue weighted by Gasteiger charge is -2.15. The second-order valence-electron chi connectivity index (χ2n) is 12.7. The molecule has 0 fully saturated rings. The van der Waals surface area contributed by atoms with Gasteiger partial charge < -0.3 is 10.2 Å². The molecule has 0 rings (SSSR count). The maximum absolute atomic E-state index is 10.1. The normalized spacial score (nSPS) is 13.3. The van der Waals surface area contributed by atoms with Gasteiger partial charge in [0.25, 0.3) is 0 Å². The summed E-state index contributed by atoms with van der Waals surface area (Å²) in [7, 11) is 0. The van der Waals surface area contributed by atoms with Crippen LogP contribution in [-0.2, 0) is 0 Å². The van der Waals surface area contributed by atoms with Crippen LogP contribution in [0.2, 0.25) is 0 Å². The van der Waals surface area contributed by atoms with Gasteiger partial charge >= 0.3 is 0 Å². The Kier molecular flexibility index (Phi) is 33.1. The van der Waals surface area contributed by atoms with Crippen molar-refractivity contribution in [2.45, 2.75) is 232 Å². The lowest BCUT2D eigenvalue weighted by molar-refractivity contribution is 0.0680. The van der Waals surface area contributed by atoms with E-state index in [4.69, 9.17) is 0 Å². The van der Waals surface area contributed by atoms with Crippen molar-refractivity contribution < 1.29 is 10.2 Å². The first kappa shape index (κ1) is 37.9. The average molecular weight is 539 g/mol.